The largest absolute Gasteiger partial charge is 0.512 e. The van der Waals surface area contributed by atoms with Crippen LogP contribution in [0.15, 0.2) is 40.9 Å². The number of carbonyl (C=O) groups is 2. The molecule has 0 fully saturated rings. The first-order valence-electron chi connectivity index (χ1n) is 12.5. The van der Waals surface area contributed by atoms with Gasteiger partial charge in [0.25, 0.3) is 5.91 Å². The van der Waals surface area contributed by atoms with Crippen LogP contribution in [0.1, 0.15) is 40.7 Å². The van der Waals surface area contributed by atoms with E-state index >= 15 is 0 Å². The molecule has 10 nitrogen and oxygen atoms in total. The van der Waals surface area contributed by atoms with Crippen LogP contribution in [-0.4, -0.2) is 75.1 Å². The highest BCUT2D eigenvalue weighted by Gasteiger charge is 2.57. The molecule has 1 aliphatic heterocycles. The first-order valence-corrected chi connectivity index (χ1v) is 12.5. The molecule has 37 heavy (non-hydrogen) atoms. The molecule has 1 heterocycles. The van der Waals surface area contributed by atoms with E-state index in [1.807, 2.05) is 25.1 Å². The summed E-state index contributed by atoms with van der Waals surface area (Å²) < 4.78 is 0. The average molecular weight is 512 g/mol. The number of phenolic OH excluding ortho intramolecular Hbond substituents is 1. The van der Waals surface area contributed by atoms with E-state index in [1.165, 1.54) is 0 Å². The normalized spacial score (nSPS) is 27.0. The minimum absolute atomic E-state index is 0.00416. The molecule has 1 aromatic carbocycles. The second-order valence-electron chi connectivity index (χ2n) is 10.8. The Balaban J connectivity index is 1.62. The standard InChI is InChI=1S/C27H33N3O7/c1-29(2)17-10-15(12-30-6-4-3-5-7-30)23(32)20-16(17)9-13-8-14-11-18(31)22(26(28)35)27(36,37)21(14)25(34)19(13)24(20)33/h3-4,10,13-14,21,31-32,34,36-37H,5-9,11-12H2,1-2H3,(H2,28,35). The number of fused-ring (bicyclic) bond motifs is 3. The summed E-state index contributed by atoms with van der Waals surface area (Å²) >= 11 is 0. The molecule has 7 N–H and O–H groups in total. The summed E-state index contributed by atoms with van der Waals surface area (Å²) in [5.41, 5.74) is 6.69. The number of anilines is 1. The fraction of sp³-hybridized carbons (Fsp3) is 0.481. The molecule has 1 amide bonds. The lowest BCUT2D eigenvalue weighted by Crippen LogP contribution is -2.54. The van der Waals surface area contributed by atoms with Gasteiger partial charge in [0.2, 0.25) is 5.79 Å². The van der Waals surface area contributed by atoms with Gasteiger partial charge in [-0.3, -0.25) is 14.5 Å². The van der Waals surface area contributed by atoms with E-state index in [0.29, 0.717) is 24.1 Å². The number of amides is 1. The second-order valence-corrected chi connectivity index (χ2v) is 10.8. The molecule has 1 aromatic rings. The number of ketones is 1. The van der Waals surface area contributed by atoms with E-state index in [1.54, 1.807) is 0 Å². The minimum atomic E-state index is -2.94. The molecular formula is C27H33N3O7. The van der Waals surface area contributed by atoms with Gasteiger partial charge in [-0.05, 0) is 42.7 Å². The van der Waals surface area contributed by atoms with Crippen LogP contribution >= 0.6 is 0 Å². The van der Waals surface area contributed by atoms with E-state index in [4.69, 9.17) is 5.73 Å². The Morgan fingerprint density at radius 1 is 1.19 bits per heavy atom. The summed E-state index contributed by atoms with van der Waals surface area (Å²) in [5.74, 6) is -8.44. The monoisotopic (exact) mass is 511 g/mol. The summed E-state index contributed by atoms with van der Waals surface area (Å²) in [6.07, 6.45) is 5.59. The van der Waals surface area contributed by atoms with Gasteiger partial charge >= 0.3 is 0 Å². The summed E-state index contributed by atoms with van der Waals surface area (Å²) in [6.45, 7) is 2.00. The fourth-order valence-electron chi connectivity index (χ4n) is 6.65. The number of aliphatic hydroxyl groups is 4. The first kappa shape index (κ1) is 25.3. The summed E-state index contributed by atoms with van der Waals surface area (Å²) in [7, 11) is 3.73. The average Bonchev–Trinajstić information content (AvgIpc) is 2.79. The van der Waals surface area contributed by atoms with E-state index in [2.05, 4.69) is 17.1 Å². The van der Waals surface area contributed by atoms with Gasteiger partial charge in [-0.25, -0.2) is 0 Å². The topological polar surface area (TPSA) is 168 Å². The van der Waals surface area contributed by atoms with Crippen molar-refractivity contribution in [1.29, 1.82) is 0 Å². The fourth-order valence-corrected chi connectivity index (χ4v) is 6.65. The Kier molecular flexibility index (Phi) is 6.09. The van der Waals surface area contributed by atoms with Crippen molar-refractivity contribution >= 4 is 17.4 Å². The molecule has 10 heteroatoms. The Bertz CT molecular complexity index is 1280. The number of hydrogen-bond donors (Lipinski definition) is 6. The molecule has 3 unspecified atom stereocenters. The van der Waals surface area contributed by atoms with Crippen molar-refractivity contribution in [2.45, 2.75) is 38.0 Å². The number of aliphatic hydroxyl groups excluding tert-OH is 2. The van der Waals surface area contributed by atoms with Crippen molar-refractivity contribution in [3.63, 3.8) is 0 Å². The van der Waals surface area contributed by atoms with Gasteiger partial charge in [-0.15, -0.1) is 0 Å². The Hall–Kier alpha value is -3.34. The Morgan fingerprint density at radius 3 is 2.54 bits per heavy atom. The SMILES string of the molecule is CN(C)c1cc(CN2CC=CCC2)c(O)c2c1CC1CC3CC(O)=C(C(N)=O)C(O)(O)C3C(O)=C1C2=O. The van der Waals surface area contributed by atoms with Crippen molar-refractivity contribution in [3.05, 3.63) is 57.6 Å². The summed E-state index contributed by atoms with van der Waals surface area (Å²) in [4.78, 5) is 29.9. The predicted molar refractivity (Wildman–Crippen MR) is 135 cm³/mol. The maximum Gasteiger partial charge on any atom is 0.253 e. The molecule has 3 aliphatic carbocycles. The quantitative estimate of drug-likeness (QED) is 0.259. The number of nitrogens with two attached hydrogens (primary N) is 1. The van der Waals surface area contributed by atoms with Crippen LogP contribution in [0.2, 0.25) is 0 Å². The maximum atomic E-state index is 13.9. The zero-order valence-corrected chi connectivity index (χ0v) is 20.9. The number of Topliss-reactive ketones (excluding diaryl/α,β-unsaturated/α-hetero) is 1. The van der Waals surface area contributed by atoms with Crippen molar-refractivity contribution in [2.75, 3.05) is 32.1 Å². The highest BCUT2D eigenvalue weighted by Crippen LogP contribution is 2.54. The van der Waals surface area contributed by atoms with E-state index < -0.39 is 52.3 Å². The second kappa shape index (κ2) is 8.90. The smallest absolute Gasteiger partial charge is 0.253 e. The number of carbonyl (C=O) groups excluding carboxylic acids is 2. The number of phenols is 1. The van der Waals surface area contributed by atoms with Crippen LogP contribution in [0.3, 0.4) is 0 Å². The first-order chi connectivity index (χ1) is 17.4. The van der Waals surface area contributed by atoms with Crippen molar-refractivity contribution in [2.24, 2.45) is 23.5 Å². The lowest BCUT2D eigenvalue weighted by atomic mass is 9.61. The number of benzene rings is 1. The third-order valence-electron chi connectivity index (χ3n) is 8.23. The van der Waals surface area contributed by atoms with Crippen LogP contribution in [0.5, 0.6) is 5.75 Å². The van der Waals surface area contributed by atoms with Crippen LogP contribution in [0, 0.1) is 17.8 Å². The van der Waals surface area contributed by atoms with Crippen molar-refractivity contribution in [1.82, 2.24) is 4.90 Å². The zero-order valence-electron chi connectivity index (χ0n) is 20.9. The van der Waals surface area contributed by atoms with Gasteiger partial charge < -0.3 is 36.2 Å². The number of aromatic hydroxyl groups is 1. The molecule has 0 aromatic heterocycles. The maximum absolute atomic E-state index is 13.9. The third-order valence-corrected chi connectivity index (χ3v) is 8.23. The molecule has 0 spiro atoms. The summed E-state index contributed by atoms with van der Waals surface area (Å²) in [6, 6.07) is 1.90. The third kappa shape index (κ3) is 3.91. The van der Waals surface area contributed by atoms with Gasteiger partial charge in [0, 0.05) is 57.0 Å². The van der Waals surface area contributed by atoms with Gasteiger partial charge in [0.05, 0.1) is 11.5 Å². The lowest BCUT2D eigenvalue weighted by molar-refractivity contribution is -0.194. The van der Waals surface area contributed by atoms with E-state index in [-0.39, 0.29) is 29.7 Å². The highest BCUT2D eigenvalue weighted by atomic mass is 16.5. The molecule has 5 rings (SSSR count). The molecule has 0 radical (unpaired) electrons. The van der Waals surface area contributed by atoms with Crippen molar-refractivity contribution < 1.29 is 35.1 Å². The van der Waals surface area contributed by atoms with Gasteiger partial charge in [-0.1, -0.05) is 12.2 Å². The number of allylic oxidation sites excluding steroid dienone is 2. The van der Waals surface area contributed by atoms with Crippen molar-refractivity contribution in [3.8, 4) is 5.75 Å². The molecule has 0 saturated carbocycles. The number of rotatable bonds is 4. The predicted octanol–water partition coefficient (Wildman–Crippen LogP) is 1.41. The zero-order chi connectivity index (χ0) is 26.8. The number of nitrogens with zero attached hydrogens (tertiary/aromatic N) is 2. The molecule has 4 aliphatic rings. The Morgan fingerprint density at radius 2 is 1.92 bits per heavy atom. The number of primary amides is 1. The molecule has 0 bridgehead atoms. The highest BCUT2D eigenvalue weighted by molar-refractivity contribution is 6.14. The van der Waals surface area contributed by atoms with Gasteiger partial charge in [0.15, 0.2) is 5.78 Å². The molecule has 0 saturated heterocycles. The van der Waals surface area contributed by atoms with E-state index in [0.717, 1.165) is 25.2 Å². The Labute approximate surface area is 214 Å². The van der Waals surface area contributed by atoms with Gasteiger partial charge in [-0.2, -0.15) is 0 Å². The summed E-state index contributed by atoms with van der Waals surface area (Å²) in [5, 5.41) is 54.7. The lowest BCUT2D eigenvalue weighted by Gasteiger charge is -2.47. The van der Waals surface area contributed by atoms with Gasteiger partial charge in [0.1, 0.15) is 22.8 Å². The van der Waals surface area contributed by atoms with Crippen LogP contribution in [0.4, 0.5) is 5.69 Å². The molecule has 3 atom stereocenters. The molecule has 198 valence electrons. The van der Waals surface area contributed by atoms with Crippen LogP contribution < -0.4 is 10.6 Å². The van der Waals surface area contributed by atoms with Crippen LogP contribution in [-0.2, 0) is 17.8 Å². The van der Waals surface area contributed by atoms with Crippen LogP contribution in [0.25, 0.3) is 0 Å². The minimum Gasteiger partial charge on any atom is -0.512 e. The molecular weight excluding hydrogens is 478 g/mol. The number of hydrogen-bond acceptors (Lipinski definition) is 9. The van der Waals surface area contributed by atoms with E-state index in [9.17, 15) is 35.1 Å².